The van der Waals surface area contributed by atoms with Crippen molar-refractivity contribution >= 4 is 17.5 Å². The number of nitrogens with one attached hydrogen (secondary N) is 1. The van der Waals surface area contributed by atoms with Crippen LogP contribution in [0.3, 0.4) is 0 Å². The average Bonchev–Trinajstić information content (AvgIpc) is 2.75. The highest BCUT2D eigenvalue weighted by Gasteiger charge is 2.20. The van der Waals surface area contributed by atoms with E-state index in [0.717, 1.165) is 17.7 Å². The first-order valence-corrected chi connectivity index (χ1v) is 9.05. The van der Waals surface area contributed by atoms with Gasteiger partial charge < -0.3 is 10.2 Å². The molecule has 3 aromatic rings. The number of rotatable bonds is 5. The summed E-state index contributed by atoms with van der Waals surface area (Å²) in [4.78, 5) is 26.4. The summed E-state index contributed by atoms with van der Waals surface area (Å²) in [6, 6.07) is 18.7. The molecular weight excluding hydrogens is 374 g/mol. The van der Waals surface area contributed by atoms with Gasteiger partial charge in [0.05, 0.1) is 6.04 Å². The van der Waals surface area contributed by atoms with Gasteiger partial charge in [0.1, 0.15) is 0 Å². The summed E-state index contributed by atoms with van der Waals surface area (Å²) in [5.74, 6) is -2.74. The number of carbonyl (C=O) groups excluding carboxylic acids is 2. The second-order valence-electron chi connectivity index (χ2n) is 6.67. The van der Waals surface area contributed by atoms with E-state index in [1.54, 1.807) is 49.5 Å². The lowest BCUT2D eigenvalue weighted by atomic mass is 10.0. The largest absolute Gasteiger partial charge is 0.335 e. The highest BCUT2D eigenvalue weighted by molar-refractivity contribution is 6.04. The summed E-state index contributed by atoms with van der Waals surface area (Å²) in [7, 11) is 1.59. The molecule has 4 nitrogen and oxygen atoms in total. The molecule has 29 heavy (non-hydrogen) atoms. The maximum atomic E-state index is 13.5. The van der Waals surface area contributed by atoms with Crippen LogP contribution < -0.4 is 5.32 Å². The Morgan fingerprint density at radius 3 is 2.28 bits per heavy atom. The molecular formula is C23H20F2N2O2. The molecule has 148 valence electrons. The Bertz CT molecular complexity index is 1040. The fourth-order valence-corrected chi connectivity index (χ4v) is 2.90. The minimum absolute atomic E-state index is 0.0618. The van der Waals surface area contributed by atoms with Crippen molar-refractivity contribution in [1.82, 2.24) is 4.90 Å². The van der Waals surface area contributed by atoms with Crippen LogP contribution in [0.1, 0.15) is 39.2 Å². The minimum Gasteiger partial charge on any atom is -0.335 e. The summed E-state index contributed by atoms with van der Waals surface area (Å²) in [5, 5.41) is 2.83. The average molecular weight is 394 g/mol. The Labute approximate surface area is 167 Å². The molecule has 0 radical (unpaired) electrons. The van der Waals surface area contributed by atoms with Crippen LogP contribution >= 0.6 is 0 Å². The number of hydrogen-bond donors (Lipinski definition) is 1. The van der Waals surface area contributed by atoms with Crippen molar-refractivity contribution in [2.75, 3.05) is 12.4 Å². The maximum Gasteiger partial charge on any atom is 0.255 e. The quantitative estimate of drug-likeness (QED) is 0.658. The monoisotopic (exact) mass is 394 g/mol. The van der Waals surface area contributed by atoms with Gasteiger partial charge in [-0.3, -0.25) is 9.59 Å². The van der Waals surface area contributed by atoms with E-state index in [1.165, 1.54) is 11.0 Å². The van der Waals surface area contributed by atoms with Gasteiger partial charge >= 0.3 is 0 Å². The zero-order valence-electron chi connectivity index (χ0n) is 16.0. The first kappa shape index (κ1) is 20.2. The van der Waals surface area contributed by atoms with Crippen molar-refractivity contribution in [3.8, 4) is 0 Å². The maximum absolute atomic E-state index is 13.5. The lowest BCUT2D eigenvalue weighted by Gasteiger charge is -2.26. The first-order valence-electron chi connectivity index (χ1n) is 9.05. The van der Waals surface area contributed by atoms with Crippen LogP contribution in [0.2, 0.25) is 0 Å². The van der Waals surface area contributed by atoms with Gasteiger partial charge in [-0.1, -0.05) is 30.3 Å². The lowest BCUT2D eigenvalue weighted by Crippen LogP contribution is -2.29. The number of anilines is 1. The number of benzene rings is 3. The molecule has 0 fully saturated rings. The lowest BCUT2D eigenvalue weighted by molar-refractivity contribution is 0.0741. The van der Waals surface area contributed by atoms with Gasteiger partial charge in [0.25, 0.3) is 11.8 Å². The number of amides is 2. The van der Waals surface area contributed by atoms with Crippen LogP contribution in [0.15, 0.2) is 72.8 Å². The highest BCUT2D eigenvalue weighted by Crippen LogP contribution is 2.24. The van der Waals surface area contributed by atoms with E-state index < -0.39 is 17.5 Å². The van der Waals surface area contributed by atoms with E-state index in [-0.39, 0.29) is 17.5 Å². The molecule has 0 heterocycles. The Balaban J connectivity index is 1.75. The van der Waals surface area contributed by atoms with E-state index in [9.17, 15) is 18.4 Å². The van der Waals surface area contributed by atoms with Crippen molar-refractivity contribution < 1.29 is 18.4 Å². The van der Waals surface area contributed by atoms with Crippen LogP contribution in [0.25, 0.3) is 0 Å². The van der Waals surface area contributed by atoms with Crippen LogP contribution in [0, 0.1) is 11.6 Å². The van der Waals surface area contributed by atoms with Gasteiger partial charge in [-0.05, 0) is 55.0 Å². The molecule has 0 saturated carbocycles. The van der Waals surface area contributed by atoms with Crippen molar-refractivity contribution in [2.45, 2.75) is 13.0 Å². The molecule has 3 rings (SSSR count). The first-order chi connectivity index (χ1) is 13.9. The van der Waals surface area contributed by atoms with E-state index in [2.05, 4.69) is 5.32 Å². The SMILES string of the molecule is C[C@H](c1cccc(NC(=O)c2ccccc2)c1)N(C)C(=O)c1ccc(F)c(F)c1. The predicted octanol–water partition coefficient (Wildman–Crippen LogP) is 5.05. The molecule has 2 amide bonds. The standard InChI is InChI=1S/C23H20F2N2O2/c1-15(27(2)23(29)18-11-12-20(24)21(25)14-18)17-9-6-10-19(13-17)26-22(28)16-7-4-3-5-8-16/h3-15H,1-2H3,(H,26,28)/t15-/m1/s1. The Kier molecular flexibility index (Phi) is 6.02. The van der Waals surface area contributed by atoms with Gasteiger partial charge in [-0.15, -0.1) is 0 Å². The van der Waals surface area contributed by atoms with Gasteiger partial charge in [-0.2, -0.15) is 0 Å². The summed E-state index contributed by atoms with van der Waals surface area (Å²) in [6.45, 7) is 1.82. The minimum atomic E-state index is -1.07. The van der Waals surface area contributed by atoms with Crippen molar-refractivity contribution in [2.24, 2.45) is 0 Å². The number of hydrogen-bond acceptors (Lipinski definition) is 2. The summed E-state index contributed by atoms with van der Waals surface area (Å²) < 4.78 is 26.6. The fraction of sp³-hybridized carbons (Fsp3) is 0.130. The fourth-order valence-electron chi connectivity index (χ4n) is 2.90. The Morgan fingerprint density at radius 1 is 0.862 bits per heavy atom. The third-order valence-electron chi connectivity index (χ3n) is 4.73. The van der Waals surface area contributed by atoms with Gasteiger partial charge in [-0.25, -0.2) is 8.78 Å². The number of carbonyl (C=O) groups is 2. The normalized spacial score (nSPS) is 11.6. The van der Waals surface area contributed by atoms with Crippen LogP contribution in [-0.2, 0) is 0 Å². The topological polar surface area (TPSA) is 49.4 Å². The van der Waals surface area contributed by atoms with E-state index in [1.807, 2.05) is 19.1 Å². The molecule has 0 aliphatic rings. The Morgan fingerprint density at radius 2 is 1.59 bits per heavy atom. The molecule has 0 aliphatic heterocycles. The summed E-state index contributed by atoms with van der Waals surface area (Å²) in [5.41, 5.74) is 1.98. The van der Waals surface area contributed by atoms with Crippen molar-refractivity contribution in [3.05, 3.63) is 101 Å². The molecule has 0 unspecified atom stereocenters. The van der Waals surface area contributed by atoms with Crippen molar-refractivity contribution in [3.63, 3.8) is 0 Å². The molecule has 0 aromatic heterocycles. The second kappa shape index (κ2) is 8.65. The van der Waals surface area contributed by atoms with E-state index in [4.69, 9.17) is 0 Å². The molecule has 0 bridgehead atoms. The van der Waals surface area contributed by atoms with Crippen LogP contribution in [0.5, 0.6) is 0 Å². The van der Waals surface area contributed by atoms with Crippen LogP contribution in [-0.4, -0.2) is 23.8 Å². The molecule has 0 spiro atoms. The molecule has 1 atom stereocenters. The molecule has 6 heteroatoms. The molecule has 0 aliphatic carbocycles. The molecule has 0 saturated heterocycles. The number of halogens is 2. The van der Waals surface area contributed by atoms with Crippen LogP contribution in [0.4, 0.5) is 14.5 Å². The van der Waals surface area contributed by atoms with Gasteiger partial charge in [0.15, 0.2) is 11.6 Å². The highest BCUT2D eigenvalue weighted by atomic mass is 19.2. The number of nitrogens with zero attached hydrogens (tertiary/aromatic N) is 1. The predicted molar refractivity (Wildman–Crippen MR) is 108 cm³/mol. The third-order valence-corrected chi connectivity index (χ3v) is 4.73. The zero-order valence-corrected chi connectivity index (χ0v) is 16.0. The Hall–Kier alpha value is -3.54. The van der Waals surface area contributed by atoms with E-state index >= 15 is 0 Å². The molecule has 3 aromatic carbocycles. The summed E-state index contributed by atoms with van der Waals surface area (Å²) >= 11 is 0. The molecule has 1 N–H and O–H groups in total. The third kappa shape index (κ3) is 4.66. The van der Waals surface area contributed by atoms with E-state index in [0.29, 0.717) is 11.3 Å². The van der Waals surface area contributed by atoms with Crippen molar-refractivity contribution in [1.29, 1.82) is 0 Å². The summed E-state index contributed by atoms with van der Waals surface area (Å²) in [6.07, 6.45) is 0. The van der Waals surface area contributed by atoms with Gasteiger partial charge in [0.2, 0.25) is 0 Å². The zero-order chi connectivity index (χ0) is 21.0. The van der Waals surface area contributed by atoms with Gasteiger partial charge in [0, 0.05) is 23.9 Å². The second-order valence-corrected chi connectivity index (χ2v) is 6.67. The smallest absolute Gasteiger partial charge is 0.255 e.